The van der Waals surface area contributed by atoms with Crippen molar-refractivity contribution in [3.63, 3.8) is 0 Å². The Morgan fingerprint density at radius 3 is 2.83 bits per heavy atom. The van der Waals surface area contributed by atoms with E-state index in [4.69, 9.17) is 12.2 Å². The molecule has 5 heteroatoms. The number of piperidine rings is 1. The summed E-state index contributed by atoms with van der Waals surface area (Å²) >= 11 is 5.75. The van der Waals surface area contributed by atoms with E-state index in [1.165, 1.54) is 25.0 Å². The number of rotatable bonds is 1. The molecule has 5 rings (SSSR count). The van der Waals surface area contributed by atoms with E-state index in [1.807, 2.05) is 10.6 Å². The zero-order chi connectivity index (χ0) is 16.3. The highest BCUT2D eigenvalue weighted by atomic mass is 32.1. The molecule has 4 nitrogen and oxygen atoms in total. The minimum atomic E-state index is 0.144. The lowest BCUT2D eigenvalue weighted by Gasteiger charge is -2.44. The minimum absolute atomic E-state index is 0.144. The molecular weight excluding hydrogens is 318 g/mol. The third-order valence-corrected chi connectivity index (χ3v) is 6.73. The van der Waals surface area contributed by atoms with Crippen molar-refractivity contribution in [1.82, 2.24) is 14.8 Å². The van der Waals surface area contributed by atoms with Gasteiger partial charge in [-0.2, -0.15) is 0 Å². The summed E-state index contributed by atoms with van der Waals surface area (Å²) in [5.74, 6) is 2.37. The highest BCUT2D eigenvalue weighted by Crippen LogP contribution is 2.39. The summed E-state index contributed by atoms with van der Waals surface area (Å²) in [6, 6.07) is 6.20. The van der Waals surface area contributed by atoms with Gasteiger partial charge in [0.15, 0.2) is 5.11 Å². The van der Waals surface area contributed by atoms with Crippen LogP contribution in [-0.4, -0.2) is 33.7 Å². The van der Waals surface area contributed by atoms with Gasteiger partial charge in [0.1, 0.15) is 0 Å². The van der Waals surface area contributed by atoms with Crippen LogP contribution in [-0.2, 0) is 6.54 Å². The fraction of sp³-hybridized carbons (Fsp3) is 0.579. The molecule has 1 saturated heterocycles. The summed E-state index contributed by atoms with van der Waals surface area (Å²) in [7, 11) is 0. The maximum Gasteiger partial charge on any atom is 0.250 e. The van der Waals surface area contributed by atoms with Gasteiger partial charge in [0.2, 0.25) is 0 Å². The number of nitrogens with one attached hydrogen (secondary N) is 1. The highest BCUT2D eigenvalue weighted by molar-refractivity contribution is 7.80. The van der Waals surface area contributed by atoms with E-state index in [0.29, 0.717) is 23.8 Å². The fourth-order valence-corrected chi connectivity index (χ4v) is 5.56. The molecule has 1 aromatic heterocycles. The van der Waals surface area contributed by atoms with Gasteiger partial charge in [-0.15, -0.1) is 0 Å². The number of thiocarbonyl (C=S) groups is 1. The van der Waals surface area contributed by atoms with Crippen LogP contribution in [0.5, 0.6) is 0 Å². The number of nitrogens with zero attached hydrogens (tertiary/aromatic N) is 2. The van der Waals surface area contributed by atoms with E-state index >= 15 is 0 Å². The molecule has 2 aliphatic carbocycles. The van der Waals surface area contributed by atoms with Crippen molar-refractivity contribution in [1.29, 1.82) is 0 Å². The fourth-order valence-electron chi connectivity index (χ4n) is 5.26. The largest absolute Gasteiger partial charge is 0.359 e. The summed E-state index contributed by atoms with van der Waals surface area (Å²) in [5, 5.41) is 4.56. The van der Waals surface area contributed by atoms with Crippen molar-refractivity contribution in [3.05, 3.63) is 46.4 Å². The van der Waals surface area contributed by atoms with Crippen molar-refractivity contribution >= 4 is 17.3 Å². The summed E-state index contributed by atoms with van der Waals surface area (Å²) in [6.45, 7) is 2.74. The zero-order valence-electron chi connectivity index (χ0n) is 13.7. The Bertz CT molecular complexity index is 770. The van der Waals surface area contributed by atoms with Gasteiger partial charge < -0.3 is 14.8 Å². The van der Waals surface area contributed by atoms with E-state index in [-0.39, 0.29) is 5.56 Å². The van der Waals surface area contributed by atoms with Crippen LogP contribution in [0.4, 0.5) is 0 Å². The second kappa shape index (κ2) is 5.45. The lowest BCUT2D eigenvalue weighted by atomic mass is 9.83. The summed E-state index contributed by atoms with van der Waals surface area (Å²) in [4.78, 5) is 14.5. The van der Waals surface area contributed by atoms with Crippen LogP contribution in [0, 0.1) is 17.8 Å². The molecule has 1 saturated carbocycles. The maximum absolute atomic E-state index is 12.1. The monoisotopic (exact) mass is 341 g/mol. The Hall–Kier alpha value is -1.62. The normalized spacial score (nSPS) is 35.8. The number of pyridine rings is 1. The standard InChI is InChI=1S/C19H23N3OS/c23-18-3-1-2-17-15-7-13(10-22(17)18)9-21(11-15)19(24)20-16-8-12-4-5-14(16)6-12/h1-5,12-16H,6-11H2,(H,20,24)/t12-,13+,14-,15+,16+/m0/s1. The molecule has 4 aliphatic rings. The number of hydrogen-bond donors (Lipinski definition) is 1. The van der Waals surface area contributed by atoms with Crippen LogP contribution in [0.2, 0.25) is 0 Å². The number of likely N-dealkylation sites (tertiary alicyclic amines) is 1. The molecule has 0 unspecified atom stereocenters. The second-order valence-electron chi connectivity index (χ2n) is 7.94. The van der Waals surface area contributed by atoms with Crippen LogP contribution in [0.25, 0.3) is 0 Å². The van der Waals surface area contributed by atoms with Gasteiger partial charge in [-0.1, -0.05) is 18.2 Å². The number of allylic oxidation sites excluding steroid dienone is 1. The summed E-state index contributed by atoms with van der Waals surface area (Å²) < 4.78 is 1.98. The first-order valence-electron chi connectivity index (χ1n) is 9.11. The minimum Gasteiger partial charge on any atom is -0.359 e. The van der Waals surface area contributed by atoms with Gasteiger partial charge in [0.05, 0.1) is 0 Å². The lowest BCUT2D eigenvalue weighted by molar-refractivity contribution is 0.176. The topological polar surface area (TPSA) is 37.3 Å². The molecule has 0 radical (unpaired) electrons. The number of hydrogen-bond acceptors (Lipinski definition) is 2. The molecule has 126 valence electrons. The molecule has 5 atom stereocenters. The number of aromatic nitrogens is 1. The van der Waals surface area contributed by atoms with E-state index < -0.39 is 0 Å². The van der Waals surface area contributed by atoms with E-state index in [0.717, 1.165) is 30.7 Å². The third kappa shape index (κ3) is 2.32. The summed E-state index contributed by atoms with van der Waals surface area (Å²) in [6.07, 6.45) is 8.43. The number of fused-ring (bicyclic) bond motifs is 6. The molecule has 0 aromatic carbocycles. The second-order valence-corrected chi connectivity index (χ2v) is 8.33. The Labute approximate surface area is 147 Å². The third-order valence-electron chi connectivity index (χ3n) is 6.35. The first-order valence-corrected chi connectivity index (χ1v) is 9.51. The van der Waals surface area contributed by atoms with Crippen molar-refractivity contribution in [2.24, 2.45) is 17.8 Å². The highest BCUT2D eigenvalue weighted by Gasteiger charge is 2.38. The molecule has 24 heavy (non-hydrogen) atoms. The molecule has 1 N–H and O–H groups in total. The van der Waals surface area contributed by atoms with Crippen LogP contribution >= 0.6 is 12.2 Å². The van der Waals surface area contributed by atoms with E-state index in [1.54, 1.807) is 6.07 Å². The van der Waals surface area contributed by atoms with Crippen molar-refractivity contribution in [2.75, 3.05) is 13.1 Å². The van der Waals surface area contributed by atoms with Gasteiger partial charge in [0.25, 0.3) is 5.56 Å². The molecule has 0 spiro atoms. The Balaban J connectivity index is 1.32. The van der Waals surface area contributed by atoms with Crippen LogP contribution < -0.4 is 10.9 Å². The lowest BCUT2D eigenvalue weighted by Crippen LogP contribution is -2.53. The van der Waals surface area contributed by atoms with E-state index in [9.17, 15) is 4.79 Å². The molecule has 4 bridgehead atoms. The van der Waals surface area contributed by atoms with Crippen molar-refractivity contribution in [2.45, 2.75) is 37.8 Å². The maximum atomic E-state index is 12.1. The van der Waals surface area contributed by atoms with Gasteiger partial charge >= 0.3 is 0 Å². The van der Waals surface area contributed by atoms with Crippen LogP contribution in [0.15, 0.2) is 35.1 Å². The molecular formula is C19H23N3OS. The first-order chi connectivity index (χ1) is 11.7. The van der Waals surface area contributed by atoms with Crippen LogP contribution in [0.1, 0.15) is 30.9 Å². The average Bonchev–Trinajstić information content (AvgIpc) is 3.18. The predicted molar refractivity (Wildman–Crippen MR) is 98.0 cm³/mol. The SMILES string of the molecule is O=c1cccc2n1C[C@@H]1C[C@@H]2CN(C(=S)N[C@@H]2C[C@H]3C=C[C@H]2C3)C1. The Morgan fingerprint density at radius 2 is 2.04 bits per heavy atom. The first kappa shape index (κ1) is 14.7. The average molecular weight is 341 g/mol. The molecule has 2 fully saturated rings. The summed E-state index contributed by atoms with van der Waals surface area (Å²) in [5.41, 5.74) is 1.33. The van der Waals surface area contributed by atoms with Gasteiger partial charge in [-0.3, -0.25) is 4.79 Å². The van der Waals surface area contributed by atoms with Crippen LogP contribution in [0.3, 0.4) is 0 Å². The molecule has 0 amide bonds. The molecule has 1 aromatic rings. The Kier molecular flexibility index (Phi) is 3.34. The van der Waals surface area contributed by atoms with Crippen molar-refractivity contribution in [3.8, 4) is 0 Å². The van der Waals surface area contributed by atoms with Crippen molar-refractivity contribution < 1.29 is 0 Å². The van der Waals surface area contributed by atoms with Gasteiger partial charge in [-0.25, -0.2) is 0 Å². The quantitative estimate of drug-likeness (QED) is 0.627. The zero-order valence-corrected chi connectivity index (χ0v) is 14.5. The van der Waals surface area contributed by atoms with Gasteiger partial charge in [-0.05, 0) is 55.3 Å². The van der Waals surface area contributed by atoms with E-state index in [2.05, 4.69) is 28.4 Å². The Morgan fingerprint density at radius 1 is 1.12 bits per heavy atom. The smallest absolute Gasteiger partial charge is 0.250 e. The molecule has 2 aliphatic heterocycles. The molecule has 3 heterocycles. The van der Waals surface area contributed by atoms with Gasteiger partial charge in [0, 0.05) is 43.4 Å². The predicted octanol–water partition coefficient (Wildman–Crippen LogP) is 2.11.